The van der Waals surface area contributed by atoms with Gasteiger partial charge in [-0.2, -0.15) is 5.10 Å². The Labute approximate surface area is 166 Å². The lowest BCUT2D eigenvalue weighted by Gasteiger charge is -2.25. The monoisotopic (exact) mass is 392 g/mol. The molecule has 0 unspecified atom stereocenters. The van der Waals surface area contributed by atoms with Crippen LogP contribution in [0.3, 0.4) is 0 Å². The number of hydrogen-bond donors (Lipinski definition) is 1. The Morgan fingerprint density at radius 1 is 1.14 bits per heavy atom. The third-order valence-electron chi connectivity index (χ3n) is 4.86. The fourth-order valence-electron chi connectivity index (χ4n) is 3.40. The highest BCUT2D eigenvalue weighted by Crippen LogP contribution is 2.32. The molecule has 28 heavy (non-hydrogen) atoms. The van der Waals surface area contributed by atoms with Crippen molar-refractivity contribution < 1.29 is 4.74 Å². The lowest BCUT2D eigenvalue weighted by molar-refractivity contribution is 0.0346. The summed E-state index contributed by atoms with van der Waals surface area (Å²) in [6.07, 6.45) is 5.52. The fraction of sp³-hybridized carbons (Fsp3) is 0.250. The van der Waals surface area contributed by atoms with Crippen molar-refractivity contribution >= 4 is 22.8 Å². The van der Waals surface area contributed by atoms with E-state index < -0.39 is 0 Å². The van der Waals surface area contributed by atoms with Crippen LogP contribution in [0.25, 0.3) is 27.3 Å². The van der Waals surface area contributed by atoms with Crippen molar-refractivity contribution in [3.63, 3.8) is 0 Å². The summed E-state index contributed by atoms with van der Waals surface area (Å²) in [5.74, 6) is 0.485. The molecule has 1 fully saturated rings. The van der Waals surface area contributed by atoms with Crippen LogP contribution in [0.4, 0.5) is 5.82 Å². The van der Waals surface area contributed by atoms with E-state index in [1.807, 2.05) is 35.1 Å². The molecule has 5 rings (SSSR count). The molecule has 1 aliphatic rings. The van der Waals surface area contributed by atoms with Crippen molar-refractivity contribution in [1.29, 1.82) is 0 Å². The van der Waals surface area contributed by atoms with Gasteiger partial charge in [0.05, 0.1) is 30.7 Å². The van der Waals surface area contributed by atoms with Gasteiger partial charge in [0, 0.05) is 47.3 Å². The number of ether oxygens (including phenoxy) is 1. The maximum absolute atomic E-state index is 5.82. The number of morpholine rings is 1. The number of hydrogen-bond acceptors (Lipinski definition) is 7. The molecule has 142 valence electrons. The van der Waals surface area contributed by atoms with E-state index >= 15 is 0 Å². The second-order valence-electron chi connectivity index (χ2n) is 6.76. The molecule has 4 aromatic heterocycles. The maximum atomic E-state index is 5.82. The smallest absolute Gasteiger partial charge is 0.164 e. The van der Waals surface area contributed by atoms with Gasteiger partial charge in [-0.1, -0.05) is 0 Å². The zero-order valence-electron chi connectivity index (χ0n) is 15.3. The van der Waals surface area contributed by atoms with Crippen LogP contribution in [-0.4, -0.2) is 50.8 Å². The third kappa shape index (κ3) is 3.37. The molecule has 0 aliphatic carbocycles. The van der Waals surface area contributed by atoms with Crippen molar-refractivity contribution in [2.45, 2.75) is 6.54 Å². The zero-order chi connectivity index (χ0) is 18.9. The summed E-state index contributed by atoms with van der Waals surface area (Å²) in [7, 11) is 0. The Morgan fingerprint density at radius 3 is 2.89 bits per heavy atom. The van der Waals surface area contributed by atoms with Crippen LogP contribution in [0.2, 0.25) is 0 Å². The fourth-order valence-corrected chi connectivity index (χ4v) is 4.45. The Hall–Kier alpha value is -2.81. The molecule has 0 spiro atoms. The van der Waals surface area contributed by atoms with E-state index in [4.69, 9.17) is 15.5 Å². The average molecular weight is 392 g/mol. The van der Waals surface area contributed by atoms with Crippen molar-refractivity contribution in [1.82, 2.24) is 24.5 Å². The SMILES string of the molecule is Nc1cc(-c2ccn3ncc(-c4ccc(CN5CCOCC5)s4)c3n2)ccn1. The second-order valence-corrected chi connectivity index (χ2v) is 7.93. The summed E-state index contributed by atoms with van der Waals surface area (Å²) in [4.78, 5) is 13.9. The number of nitrogens with two attached hydrogens (primary N) is 1. The molecule has 0 bridgehead atoms. The molecule has 0 amide bonds. The number of anilines is 1. The van der Waals surface area contributed by atoms with Crippen LogP contribution < -0.4 is 5.73 Å². The van der Waals surface area contributed by atoms with Crippen LogP contribution in [-0.2, 0) is 11.3 Å². The average Bonchev–Trinajstić information content (AvgIpc) is 3.35. The van der Waals surface area contributed by atoms with Crippen molar-refractivity contribution in [3.05, 3.63) is 53.8 Å². The maximum Gasteiger partial charge on any atom is 0.164 e. The van der Waals surface area contributed by atoms with E-state index in [0.29, 0.717) is 5.82 Å². The molecule has 8 heteroatoms. The standard InChI is InChI=1S/C20H20N6OS/c21-19-11-14(3-5-22-19)17-4-6-26-20(24-17)16(12-23-26)18-2-1-15(28-18)13-25-7-9-27-10-8-25/h1-6,11-12H,7-10,13H2,(H2,21,22). The summed E-state index contributed by atoms with van der Waals surface area (Å²) >= 11 is 1.80. The van der Waals surface area contributed by atoms with E-state index in [1.165, 1.54) is 9.75 Å². The Kier molecular flexibility index (Phi) is 4.52. The quantitative estimate of drug-likeness (QED) is 0.575. The first-order valence-corrected chi connectivity index (χ1v) is 10.0. The van der Waals surface area contributed by atoms with Crippen LogP contribution in [0.5, 0.6) is 0 Å². The first kappa shape index (κ1) is 17.3. The molecule has 2 N–H and O–H groups in total. The first-order chi connectivity index (χ1) is 13.8. The first-order valence-electron chi connectivity index (χ1n) is 9.22. The predicted molar refractivity (Wildman–Crippen MR) is 110 cm³/mol. The Morgan fingerprint density at radius 2 is 2.04 bits per heavy atom. The summed E-state index contributed by atoms with van der Waals surface area (Å²) in [5.41, 5.74) is 9.51. The normalized spacial score (nSPS) is 15.3. The van der Waals surface area contributed by atoms with Gasteiger partial charge in [-0.3, -0.25) is 4.90 Å². The molecular weight excluding hydrogens is 372 g/mol. The number of fused-ring (bicyclic) bond motifs is 1. The van der Waals surface area contributed by atoms with Crippen molar-refractivity contribution in [2.24, 2.45) is 0 Å². The van der Waals surface area contributed by atoms with Crippen LogP contribution in [0.15, 0.2) is 48.9 Å². The second kappa shape index (κ2) is 7.31. The van der Waals surface area contributed by atoms with E-state index in [0.717, 1.165) is 55.3 Å². The molecule has 0 aromatic carbocycles. The van der Waals surface area contributed by atoms with Crippen LogP contribution in [0.1, 0.15) is 4.88 Å². The number of aromatic nitrogens is 4. The van der Waals surface area contributed by atoms with Gasteiger partial charge in [-0.05, 0) is 30.3 Å². The molecule has 5 heterocycles. The van der Waals surface area contributed by atoms with E-state index in [9.17, 15) is 0 Å². The van der Waals surface area contributed by atoms with Gasteiger partial charge < -0.3 is 10.5 Å². The van der Waals surface area contributed by atoms with Gasteiger partial charge in [-0.15, -0.1) is 11.3 Å². The van der Waals surface area contributed by atoms with E-state index in [2.05, 4.69) is 27.1 Å². The molecule has 7 nitrogen and oxygen atoms in total. The molecular formula is C20H20N6OS. The number of pyridine rings is 1. The molecule has 1 aliphatic heterocycles. The minimum Gasteiger partial charge on any atom is -0.384 e. The number of nitrogen functional groups attached to an aromatic ring is 1. The topological polar surface area (TPSA) is 81.6 Å². The molecule has 4 aromatic rings. The summed E-state index contributed by atoms with van der Waals surface area (Å²) in [6.45, 7) is 4.58. The van der Waals surface area contributed by atoms with Gasteiger partial charge >= 0.3 is 0 Å². The van der Waals surface area contributed by atoms with Crippen LogP contribution in [0, 0.1) is 0 Å². The Balaban J connectivity index is 1.46. The molecule has 1 saturated heterocycles. The van der Waals surface area contributed by atoms with E-state index in [1.54, 1.807) is 17.5 Å². The van der Waals surface area contributed by atoms with Crippen LogP contribution >= 0.6 is 11.3 Å². The van der Waals surface area contributed by atoms with Gasteiger partial charge in [-0.25, -0.2) is 14.5 Å². The molecule has 0 atom stereocenters. The summed E-state index contributed by atoms with van der Waals surface area (Å²) < 4.78 is 7.25. The predicted octanol–water partition coefficient (Wildman–Crippen LogP) is 2.93. The lowest BCUT2D eigenvalue weighted by Crippen LogP contribution is -2.35. The highest BCUT2D eigenvalue weighted by Gasteiger charge is 2.15. The van der Waals surface area contributed by atoms with Gasteiger partial charge in [0.2, 0.25) is 0 Å². The molecule has 0 saturated carbocycles. The van der Waals surface area contributed by atoms with Crippen molar-refractivity contribution in [2.75, 3.05) is 32.0 Å². The highest BCUT2D eigenvalue weighted by molar-refractivity contribution is 7.15. The summed E-state index contributed by atoms with van der Waals surface area (Å²) in [5, 5.41) is 4.47. The number of nitrogens with zero attached hydrogens (tertiary/aromatic N) is 5. The Bertz CT molecular complexity index is 1110. The summed E-state index contributed by atoms with van der Waals surface area (Å²) in [6, 6.07) is 10.1. The van der Waals surface area contributed by atoms with Gasteiger partial charge in [0.15, 0.2) is 5.65 Å². The van der Waals surface area contributed by atoms with E-state index in [-0.39, 0.29) is 0 Å². The van der Waals surface area contributed by atoms with Gasteiger partial charge in [0.25, 0.3) is 0 Å². The van der Waals surface area contributed by atoms with Gasteiger partial charge in [0.1, 0.15) is 5.82 Å². The molecule has 0 radical (unpaired) electrons. The van der Waals surface area contributed by atoms with Crippen molar-refractivity contribution in [3.8, 4) is 21.7 Å². The highest BCUT2D eigenvalue weighted by atomic mass is 32.1. The lowest BCUT2D eigenvalue weighted by atomic mass is 10.2. The largest absolute Gasteiger partial charge is 0.384 e. The zero-order valence-corrected chi connectivity index (χ0v) is 16.1. The minimum absolute atomic E-state index is 0.485. The minimum atomic E-state index is 0.485. The number of rotatable bonds is 4. The number of thiophene rings is 1. The third-order valence-corrected chi connectivity index (χ3v) is 5.96.